The van der Waals surface area contributed by atoms with Crippen molar-refractivity contribution in [1.82, 2.24) is 29.1 Å². The molecule has 0 aliphatic carbocycles. The molecule has 208 valence electrons. The van der Waals surface area contributed by atoms with Crippen LogP contribution < -0.4 is 17.2 Å². The lowest BCUT2D eigenvalue weighted by Crippen LogP contribution is -2.41. The Morgan fingerprint density at radius 2 is 1.68 bits per heavy atom. The van der Waals surface area contributed by atoms with Crippen molar-refractivity contribution in [2.24, 2.45) is 0 Å². The molecule has 5 rings (SSSR count). The molecule has 2 aliphatic rings. The Kier molecular flexibility index (Phi) is 7.52. The number of aliphatic hydroxyl groups is 5. The van der Waals surface area contributed by atoms with Crippen molar-refractivity contribution in [3.63, 3.8) is 0 Å². The number of rotatable bonds is 4. The van der Waals surface area contributed by atoms with Crippen molar-refractivity contribution >= 4 is 22.8 Å². The summed E-state index contributed by atoms with van der Waals surface area (Å²) in [6.07, 6.45) is -9.07. The van der Waals surface area contributed by atoms with E-state index in [0.29, 0.717) is 4.57 Å². The van der Waals surface area contributed by atoms with E-state index in [1.54, 1.807) is 0 Å². The Hall–Kier alpha value is -3.46. The molecule has 0 amide bonds. The van der Waals surface area contributed by atoms with Crippen LogP contribution in [0.25, 0.3) is 11.2 Å². The summed E-state index contributed by atoms with van der Waals surface area (Å²) in [5.41, 5.74) is 9.92. The van der Waals surface area contributed by atoms with Gasteiger partial charge in [0.15, 0.2) is 29.3 Å². The van der Waals surface area contributed by atoms with Gasteiger partial charge >= 0.3 is 17.7 Å². The maximum absolute atomic E-state index is 13.7. The minimum Gasteiger partial charge on any atom is -0.394 e. The predicted octanol–water partition coefficient (Wildman–Crippen LogP) is -3.13. The molecule has 38 heavy (non-hydrogen) atoms. The lowest BCUT2D eigenvalue weighted by atomic mass is 10.1. The van der Waals surface area contributed by atoms with E-state index in [0.717, 1.165) is 12.3 Å². The van der Waals surface area contributed by atoms with Crippen molar-refractivity contribution < 1.29 is 48.2 Å². The number of ether oxygens (including phenoxy) is 2. The van der Waals surface area contributed by atoms with Gasteiger partial charge < -0.3 is 46.5 Å². The van der Waals surface area contributed by atoms with Crippen LogP contribution in [-0.2, 0) is 9.47 Å². The first-order chi connectivity index (χ1) is 17.9. The highest BCUT2D eigenvalue weighted by Crippen LogP contribution is 2.42. The summed E-state index contributed by atoms with van der Waals surface area (Å²) in [6, 6.07) is 1.15. The molecule has 19 heteroatoms. The molecule has 0 radical (unpaired) electrons. The highest BCUT2D eigenvalue weighted by atomic mass is 19.3. The van der Waals surface area contributed by atoms with Gasteiger partial charge in [0.2, 0.25) is 6.23 Å². The number of hydrogen-bond donors (Lipinski definition) is 7. The second-order valence-electron chi connectivity index (χ2n) is 8.30. The van der Waals surface area contributed by atoms with E-state index in [9.17, 15) is 33.3 Å². The maximum Gasteiger partial charge on any atom is 0.351 e. The number of aliphatic hydroxyl groups excluding tert-OH is 5. The van der Waals surface area contributed by atoms with Crippen LogP contribution in [0, 0.1) is 6.08 Å². The van der Waals surface area contributed by atoms with Crippen LogP contribution in [0.2, 0.25) is 0 Å². The van der Waals surface area contributed by atoms with E-state index >= 15 is 0 Å². The second-order valence-corrected chi connectivity index (χ2v) is 8.30. The number of imidazole rings is 1. The number of hydrogen-bond acceptors (Lipinski definition) is 14. The monoisotopic (exact) mass is 548 g/mol. The van der Waals surface area contributed by atoms with Gasteiger partial charge in [-0.1, -0.05) is 0 Å². The van der Waals surface area contributed by atoms with E-state index in [-0.39, 0.29) is 22.8 Å². The van der Waals surface area contributed by atoms with Crippen LogP contribution in [0.4, 0.5) is 24.8 Å². The highest BCUT2D eigenvalue weighted by Gasteiger charge is 2.59. The van der Waals surface area contributed by atoms with Crippen molar-refractivity contribution in [1.29, 1.82) is 0 Å². The predicted molar refractivity (Wildman–Crippen MR) is 118 cm³/mol. The van der Waals surface area contributed by atoms with Gasteiger partial charge in [0.25, 0.3) is 0 Å². The normalized spacial score (nSPS) is 30.4. The molecule has 9 N–H and O–H groups in total. The van der Waals surface area contributed by atoms with Gasteiger partial charge in [-0.05, 0) is 6.07 Å². The lowest BCUT2D eigenvalue weighted by molar-refractivity contribution is -0.140. The van der Waals surface area contributed by atoms with Gasteiger partial charge in [-0.15, -0.1) is 0 Å². The molecular weight excluding hydrogens is 525 g/mol. The molecule has 7 atom stereocenters. The van der Waals surface area contributed by atoms with Crippen LogP contribution in [0.3, 0.4) is 0 Å². The Morgan fingerprint density at radius 3 is 2.26 bits per heavy atom. The molecule has 0 unspecified atom stereocenters. The average Bonchev–Trinajstić information content (AvgIpc) is 3.47. The molecule has 2 aliphatic heterocycles. The Bertz CT molecular complexity index is 1360. The third-order valence-corrected chi connectivity index (χ3v) is 5.88. The van der Waals surface area contributed by atoms with E-state index in [1.807, 2.05) is 0 Å². The van der Waals surface area contributed by atoms with Gasteiger partial charge in [-0.3, -0.25) is 9.13 Å². The number of nitrogens with zero attached hydrogens (tertiary/aromatic N) is 6. The molecule has 0 saturated carbocycles. The fourth-order valence-electron chi connectivity index (χ4n) is 3.93. The topological polar surface area (TPSA) is 250 Å². The quantitative estimate of drug-likeness (QED) is 0.159. The maximum atomic E-state index is 13.7. The molecule has 16 nitrogen and oxygen atoms in total. The van der Waals surface area contributed by atoms with Gasteiger partial charge in [0, 0.05) is 6.20 Å². The number of alkyl halides is 2. The molecule has 0 spiro atoms. The molecule has 2 saturated heterocycles. The second kappa shape index (κ2) is 10.4. The first-order valence-corrected chi connectivity index (χ1v) is 10.9. The number of halogens is 3. The van der Waals surface area contributed by atoms with Gasteiger partial charge in [0.1, 0.15) is 30.2 Å². The molecule has 3 aromatic rings. The Labute approximate surface area is 209 Å². The zero-order chi connectivity index (χ0) is 27.9. The zero-order valence-corrected chi connectivity index (χ0v) is 19.1. The fourth-order valence-corrected chi connectivity index (χ4v) is 3.93. The van der Waals surface area contributed by atoms with Crippen LogP contribution >= 0.6 is 0 Å². The molecule has 5 heterocycles. The summed E-state index contributed by atoms with van der Waals surface area (Å²) < 4.78 is 52.5. The number of anilines is 2. The van der Waals surface area contributed by atoms with Crippen molar-refractivity contribution in [3.05, 3.63) is 35.2 Å². The van der Waals surface area contributed by atoms with Crippen molar-refractivity contribution in [3.8, 4) is 0 Å². The van der Waals surface area contributed by atoms with Crippen molar-refractivity contribution in [2.45, 2.75) is 48.9 Å². The fraction of sp³-hybridized carbons (Fsp3) is 0.526. The summed E-state index contributed by atoms with van der Waals surface area (Å²) in [4.78, 5) is 25.5. The first-order valence-electron chi connectivity index (χ1n) is 10.9. The van der Waals surface area contributed by atoms with E-state index in [4.69, 9.17) is 31.2 Å². The molecular formula is C19H23F3N8O8. The summed E-state index contributed by atoms with van der Waals surface area (Å²) in [7, 11) is 0. The van der Waals surface area contributed by atoms with E-state index in [1.165, 1.54) is 10.9 Å². The van der Waals surface area contributed by atoms with Gasteiger partial charge in [0.05, 0.1) is 19.5 Å². The smallest absolute Gasteiger partial charge is 0.351 e. The highest BCUT2D eigenvalue weighted by molar-refractivity contribution is 5.81. The van der Waals surface area contributed by atoms with Crippen LogP contribution in [-0.4, -0.2) is 104 Å². The summed E-state index contributed by atoms with van der Waals surface area (Å²) in [5.74, 6) is -3.97. The van der Waals surface area contributed by atoms with E-state index < -0.39 is 73.9 Å². The van der Waals surface area contributed by atoms with Gasteiger partial charge in [-0.2, -0.15) is 28.1 Å². The number of aromatic nitrogens is 6. The summed E-state index contributed by atoms with van der Waals surface area (Å²) in [5, 5.41) is 46.8. The van der Waals surface area contributed by atoms with Crippen LogP contribution in [0.1, 0.15) is 12.5 Å². The molecule has 3 aromatic heterocycles. The minimum absolute atomic E-state index is 0.0323. The number of nitrogen functional groups attached to an aromatic ring is 2. The average molecular weight is 548 g/mol. The van der Waals surface area contributed by atoms with E-state index in [2.05, 4.69) is 19.9 Å². The molecule has 0 aromatic carbocycles. The lowest BCUT2D eigenvalue weighted by Gasteiger charge is -2.20. The van der Waals surface area contributed by atoms with Gasteiger partial charge in [-0.25, -0.2) is 9.78 Å². The summed E-state index contributed by atoms with van der Waals surface area (Å²) >= 11 is 0. The van der Waals surface area contributed by atoms with Crippen molar-refractivity contribution in [2.75, 3.05) is 24.7 Å². The van der Waals surface area contributed by atoms with Crippen LogP contribution in [0.5, 0.6) is 0 Å². The minimum atomic E-state index is -3.71. The first kappa shape index (κ1) is 27.6. The third kappa shape index (κ3) is 4.75. The third-order valence-electron chi connectivity index (χ3n) is 5.88. The summed E-state index contributed by atoms with van der Waals surface area (Å²) in [6.45, 7) is -1.25. The number of fused-ring (bicyclic) bond motifs is 1. The number of nitrogens with two attached hydrogens (primary N) is 2. The Morgan fingerprint density at radius 1 is 1.00 bits per heavy atom. The molecule has 2 fully saturated rings. The molecule has 0 bridgehead atoms. The Balaban J connectivity index is 0.000000178. The standard InChI is InChI=1S/C10H12FN5O4.C9H11F2N3O4/c11-10-14-7(12)4-8(15-10)16(2-13-4)9-6(19)5(18)3(1-17)20-9;10-9(11)6(16)4(3-15)18-7(9)14-2-1-5(12)13-8(14)17/h2-3,5-6,9,17-19H,1H2,(H2,12,14,15);1-2,4,6-7,15-16H,3H2,(H2,12,13,17)/t3-,5-,6+,9-;4-,6-,7-/m11/s1. The zero-order valence-electron chi connectivity index (χ0n) is 19.1. The van der Waals surface area contributed by atoms with Crippen LogP contribution in [0.15, 0.2) is 23.4 Å². The largest absolute Gasteiger partial charge is 0.394 e. The SMILES string of the molecule is Nc1ccn([C@@H]2O[C@H](CO)[C@@H](O)C2(F)F)c(=O)n1.Nc1nc(F)nc2c1ncn2[C@@H]1O[C@H](CO)[C@@H](O)[C@@H]1O.